The number of methoxy groups -OCH3 is 1. The molecule has 4 atom stereocenters. The highest BCUT2D eigenvalue weighted by Gasteiger charge is 2.42. The molecule has 1 saturated heterocycles. The summed E-state index contributed by atoms with van der Waals surface area (Å²) >= 11 is 0. The van der Waals surface area contributed by atoms with Gasteiger partial charge in [0.25, 0.3) is 10.1 Å². The van der Waals surface area contributed by atoms with Gasteiger partial charge in [0.15, 0.2) is 12.4 Å². The molecule has 106 valence electrons. The molecule has 0 N–H and O–H groups in total. The van der Waals surface area contributed by atoms with Gasteiger partial charge in [-0.15, -0.1) is 0 Å². The van der Waals surface area contributed by atoms with Crippen LogP contribution in [0.15, 0.2) is 0 Å². The predicted octanol–water partition coefficient (Wildman–Crippen LogP) is 0.0442. The monoisotopic (exact) mass is 282 g/mol. The summed E-state index contributed by atoms with van der Waals surface area (Å²) in [5, 5.41) is 0. The third kappa shape index (κ3) is 4.52. The maximum absolute atomic E-state index is 11.2. The zero-order chi connectivity index (χ0) is 13.9. The second kappa shape index (κ2) is 5.96. The van der Waals surface area contributed by atoms with Gasteiger partial charge in [0.1, 0.15) is 6.10 Å². The molecule has 0 spiro atoms. The number of carbonyl (C=O) groups is 1. The van der Waals surface area contributed by atoms with Gasteiger partial charge in [-0.05, 0) is 6.92 Å². The lowest BCUT2D eigenvalue weighted by Crippen LogP contribution is -2.52. The Morgan fingerprint density at radius 3 is 2.44 bits per heavy atom. The third-order valence-electron chi connectivity index (χ3n) is 2.40. The first-order valence-electron chi connectivity index (χ1n) is 5.46. The van der Waals surface area contributed by atoms with E-state index in [2.05, 4.69) is 0 Å². The maximum Gasteiger partial charge on any atom is 0.303 e. The van der Waals surface area contributed by atoms with Crippen LogP contribution in [0, 0.1) is 0 Å². The highest BCUT2D eigenvalue weighted by Crippen LogP contribution is 2.26. The van der Waals surface area contributed by atoms with E-state index in [1.165, 1.54) is 14.0 Å². The second-order valence-electron chi connectivity index (χ2n) is 4.20. The number of hydrogen-bond acceptors (Lipinski definition) is 7. The number of carbonyl (C=O) groups excluding carboxylic acids is 1. The summed E-state index contributed by atoms with van der Waals surface area (Å²) < 4.78 is 42.8. The largest absolute Gasteiger partial charge is 0.454 e. The fourth-order valence-corrected chi connectivity index (χ4v) is 2.47. The van der Waals surface area contributed by atoms with E-state index in [1.807, 2.05) is 0 Å². The van der Waals surface area contributed by atoms with Crippen LogP contribution in [0.4, 0.5) is 0 Å². The van der Waals surface area contributed by atoms with Crippen molar-refractivity contribution in [3.63, 3.8) is 0 Å². The first-order chi connectivity index (χ1) is 8.23. The topological polar surface area (TPSA) is 88.1 Å². The van der Waals surface area contributed by atoms with Crippen LogP contribution in [0.25, 0.3) is 0 Å². The van der Waals surface area contributed by atoms with Gasteiger partial charge in [0, 0.05) is 20.5 Å². The minimum Gasteiger partial charge on any atom is -0.454 e. The van der Waals surface area contributed by atoms with Gasteiger partial charge in [-0.25, -0.2) is 0 Å². The van der Waals surface area contributed by atoms with E-state index in [0.717, 1.165) is 6.26 Å². The lowest BCUT2D eigenvalue weighted by Gasteiger charge is -2.38. The quantitative estimate of drug-likeness (QED) is 0.531. The molecule has 1 fully saturated rings. The molecular formula is C10H18O7S. The third-order valence-corrected chi connectivity index (χ3v) is 2.99. The molecule has 7 nitrogen and oxygen atoms in total. The van der Waals surface area contributed by atoms with Crippen molar-refractivity contribution in [3.8, 4) is 0 Å². The number of hydrogen-bond donors (Lipinski definition) is 0. The lowest BCUT2D eigenvalue weighted by atomic mass is 10.0. The minimum atomic E-state index is -3.65. The molecule has 0 saturated carbocycles. The zero-order valence-electron chi connectivity index (χ0n) is 10.8. The summed E-state index contributed by atoms with van der Waals surface area (Å²) in [5.41, 5.74) is 0. The molecule has 0 aromatic carbocycles. The molecule has 0 unspecified atom stereocenters. The summed E-state index contributed by atoms with van der Waals surface area (Å²) in [4.78, 5) is 11.0. The Hall–Kier alpha value is -0.700. The minimum absolute atomic E-state index is 0.256. The molecule has 18 heavy (non-hydrogen) atoms. The standard InChI is InChI=1S/C10H18O7S/c1-6-5-8(17-18(4,12)13)9(16-7(2)11)10(14-3)15-6/h6,8-10H,5H2,1-4H3/t6-,8+,9-,10-/m1/s1. The van der Waals surface area contributed by atoms with Gasteiger partial charge in [-0.1, -0.05) is 0 Å². The normalized spacial score (nSPS) is 33.1. The van der Waals surface area contributed by atoms with Crippen LogP contribution >= 0.6 is 0 Å². The maximum atomic E-state index is 11.2. The van der Waals surface area contributed by atoms with Crippen molar-refractivity contribution in [2.75, 3.05) is 13.4 Å². The first kappa shape index (κ1) is 15.4. The molecule has 1 heterocycles. The summed E-state index contributed by atoms with van der Waals surface area (Å²) in [6, 6.07) is 0. The molecule has 1 aliphatic rings. The van der Waals surface area contributed by atoms with E-state index in [1.54, 1.807) is 6.92 Å². The Labute approximate surface area is 106 Å². The van der Waals surface area contributed by atoms with Crippen molar-refractivity contribution in [2.24, 2.45) is 0 Å². The number of rotatable bonds is 4. The van der Waals surface area contributed by atoms with E-state index in [4.69, 9.17) is 18.4 Å². The average molecular weight is 282 g/mol. The second-order valence-corrected chi connectivity index (χ2v) is 5.80. The van der Waals surface area contributed by atoms with Gasteiger partial charge in [0.05, 0.1) is 12.4 Å². The summed E-state index contributed by atoms with van der Waals surface area (Å²) in [7, 11) is -2.26. The van der Waals surface area contributed by atoms with E-state index in [0.29, 0.717) is 6.42 Å². The van der Waals surface area contributed by atoms with Gasteiger partial charge >= 0.3 is 5.97 Å². The average Bonchev–Trinajstić information content (AvgIpc) is 2.18. The van der Waals surface area contributed by atoms with Gasteiger partial charge in [-0.2, -0.15) is 8.42 Å². The van der Waals surface area contributed by atoms with Crippen LogP contribution < -0.4 is 0 Å². The lowest BCUT2D eigenvalue weighted by molar-refractivity contribution is -0.256. The zero-order valence-corrected chi connectivity index (χ0v) is 11.6. The van der Waals surface area contributed by atoms with Crippen LogP contribution in [0.1, 0.15) is 20.3 Å². The van der Waals surface area contributed by atoms with E-state index in [9.17, 15) is 13.2 Å². The SMILES string of the molecule is CO[C@@H]1O[C@H](C)C[C@H](OS(C)(=O)=O)[C@H]1OC(C)=O. The Morgan fingerprint density at radius 2 is 2.00 bits per heavy atom. The van der Waals surface area contributed by atoms with Crippen molar-refractivity contribution in [3.05, 3.63) is 0 Å². The molecule has 1 rings (SSSR count). The van der Waals surface area contributed by atoms with E-state index in [-0.39, 0.29) is 6.10 Å². The van der Waals surface area contributed by atoms with Crippen LogP contribution in [-0.2, 0) is 33.3 Å². The molecule has 8 heteroatoms. The molecular weight excluding hydrogens is 264 g/mol. The van der Waals surface area contributed by atoms with Crippen molar-refractivity contribution < 1.29 is 31.6 Å². The molecule has 0 amide bonds. The molecule has 1 aliphatic heterocycles. The Kier molecular flexibility index (Phi) is 5.09. The van der Waals surface area contributed by atoms with Crippen LogP contribution in [0.3, 0.4) is 0 Å². The Balaban J connectivity index is 2.88. The van der Waals surface area contributed by atoms with Crippen molar-refractivity contribution in [2.45, 2.75) is 44.9 Å². The van der Waals surface area contributed by atoms with Crippen molar-refractivity contribution in [1.29, 1.82) is 0 Å². The fraction of sp³-hybridized carbons (Fsp3) is 0.900. The predicted molar refractivity (Wildman–Crippen MR) is 61.2 cm³/mol. The summed E-state index contributed by atoms with van der Waals surface area (Å²) in [6.45, 7) is 2.98. The van der Waals surface area contributed by atoms with Crippen molar-refractivity contribution in [1.82, 2.24) is 0 Å². The van der Waals surface area contributed by atoms with E-state index >= 15 is 0 Å². The number of esters is 1. The Bertz CT molecular complexity index is 391. The molecule has 0 radical (unpaired) electrons. The molecule has 0 aliphatic carbocycles. The first-order valence-corrected chi connectivity index (χ1v) is 7.28. The van der Waals surface area contributed by atoms with Crippen LogP contribution in [0.5, 0.6) is 0 Å². The summed E-state index contributed by atoms with van der Waals surface area (Å²) in [5.74, 6) is -0.553. The molecule has 0 aromatic rings. The molecule has 0 aromatic heterocycles. The van der Waals surface area contributed by atoms with E-state index < -0.39 is 34.6 Å². The smallest absolute Gasteiger partial charge is 0.303 e. The van der Waals surface area contributed by atoms with Crippen LogP contribution in [-0.4, -0.2) is 52.4 Å². The van der Waals surface area contributed by atoms with Crippen molar-refractivity contribution >= 4 is 16.1 Å². The van der Waals surface area contributed by atoms with Gasteiger partial charge < -0.3 is 14.2 Å². The van der Waals surface area contributed by atoms with Crippen LogP contribution in [0.2, 0.25) is 0 Å². The van der Waals surface area contributed by atoms with Gasteiger partial charge in [0.2, 0.25) is 0 Å². The van der Waals surface area contributed by atoms with Gasteiger partial charge in [-0.3, -0.25) is 8.98 Å². The highest BCUT2D eigenvalue weighted by atomic mass is 32.2. The Morgan fingerprint density at radius 1 is 1.39 bits per heavy atom. The summed E-state index contributed by atoms with van der Waals surface area (Å²) in [6.07, 6.45) is -1.57. The number of ether oxygens (including phenoxy) is 3. The highest BCUT2D eigenvalue weighted by molar-refractivity contribution is 7.86. The fourth-order valence-electron chi connectivity index (χ4n) is 1.83. The molecule has 0 bridgehead atoms.